The molecule has 0 aromatic heterocycles. The lowest BCUT2D eigenvalue weighted by Crippen LogP contribution is -1.86. The number of aryl methyl sites for hydroxylation is 1. The maximum atomic E-state index is 14.0. The average molecular weight is 352 g/mol. The molecule has 0 aliphatic carbocycles. The number of hydrogen-bond acceptors (Lipinski definition) is 0. The van der Waals surface area contributed by atoms with Crippen LogP contribution >= 0.6 is 0 Å². The standard InChI is InChI=1S/C24H26F2/c1-3-5-7-19-9-11-20(12-10-19)13-14-21-15-17-22(18-16-21)24(26)23(25)8-6-4-2/h9-12,15-18H,3-8H2,1-2H3/b24-23+. The Morgan fingerprint density at radius 1 is 0.769 bits per heavy atom. The SMILES string of the molecule is CCCC/C(F)=C(\F)c1ccc(C#Cc2ccc(CCCC)cc2)cc1. The topological polar surface area (TPSA) is 0 Å². The van der Waals surface area contributed by atoms with E-state index in [2.05, 4.69) is 30.9 Å². The van der Waals surface area contributed by atoms with Crippen molar-refractivity contribution in [2.75, 3.05) is 0 Å². The lowest BCUT2D eigenvalue weighted by molar-refractivity contribution is 0.548. The minimum absolute atomic E-state index is 0.151. The minimum Gasteiger partial charge on any atom is -0.209 e. The summed E-state index contributed by atoms with van der Waals surface area (Å²) < 4.78 is 27.8. The summed E-state index contributed by atoms with van der Waals surface area (Å²) in [6.07, 6.45) is 5.13. The van der Waals surface area contributed by atoms with E-state index in [0.717, 1.165) is 24.0 Å². The molecule has 0 radical (unpaired) electrons. The van der Waals surface area contributed by atoms with Gasteiger partial charge in [-0.3, -0.25) is 0 Å². The van der Waals surface area contributed by atoms with Crippen molar-refractivity contribution < 1.29 is 8.78 Å². The zero-order valence-electron chi connectivity index (χ0n) is 15.6. The number of hydrogen-bond donors (Lipinski definition) is 0. The smallest absolute Gasteiger partial charge is 0.161 e. The van der Waals surface area contributed by atoms with Gasteiger partial charge in [-0.15, -0.1) is 0 Å². The Morgan fingerprint density at radius 3 is 1.85 bits per heavy atom. The van der Waals surface area contributed by atoms with E-state index in [4.69, 9.17) is 0 Å². The first kappa shape index (κ1) is 19.9. The van der Waals surface area contributed by atoms with Crippen molar-refractivity contribution >= 4 is 5.83 Å². The first-order chi connectivity index (χ1) is 12.6. The Kier molecular flexibility index (Phi) is 8.09. The van der Waals surface area contributed by atoms with E-state index in [-0.39, 0.29) is 12.0 Å². The van der Waals surface area contributed by atoms with Crippen LogP contribution in [-0.2, 0) is 6.42 Å². The summed E-state index contributed by atoms with van der Waals surface area (Å²) in [5.74, 6) is 4.75. The number of benzene rings is 2. The molecule has 0 spiro atoms. The third kappa shape index (κ3) is 6.15. The van der Waals surface area contributed by atoms with Crippen molar-refractivity contribution in [1.29, 1.82) is 0 Å². The highest BCUT2D eigenvalue weighted by atomic mass is 19.2. The van der Waals surface area contributed by atoms with Gasteiger partial charge in [-0.2, -0.15) is 0 Å². The van der Waals surface area contributed by atoms with Gasteiger partial charge >= 0.3 is 0 Å². The van der Waals surface area contributed by atoms with Crippen LogP contribution in [0.5, 0.6) is 0 Å². The summed E-state index contributed by atoms with van der Waals surface area (Å²) >= 11 is 0. The molecule has 2 rings (SSSR count). The van der Waals surface area contributed by atoms with Gasteiger partial charge in [0.15, 0.2) is 5.83 Å². The summed E-state index contributed by atoms with van der Waals surface area (Å²) in [6, 6.07) is 14.9. The van der Waals surface area contributed by atoms with E-state index in [9.17, 15) is 8.78 Å². The lowest BCUT2D eigenvalue weighted by atomic mass is 10.1. The summed E-state index contributed by atoms with van der Waals surface area (Å²) in [5.41, 5.74) is 3.33. The highest BCUT2D eigenvalue weighted by Gasteiger charge is 2.08. The molecule has 2 aromatic carbocycles. The molecule has 0 saturated carbocycles. The van der Waals surface area contributed by atoms with E-state index in [0.29, 0.717) is 6.42 Å². The second-order valence-corrected chi connectivity index (χ2v) is 6.45. The molecule has 26 heavy (non-hydrogen) atoms. The van der Waals surface area contributed by atoms with E-state index >= 15 is 0 Å². The Labute approximate surface area is 156 Å². The molecule has 136 valence electrons. The molecule has 0 atom stereocenters. The fraction of sp³-hybridized carbons (Fsp3) is 0.333. The van der Waals surface area contributed by atoms with Gasteiger partial charge < -0.3 is 0 Å². The summed E-state index contributed by atoms with van der Waals surface area (Å²) in [6.45, 7) is 4.14. The molecule has 2 heteroatoms. The van der Waals surface area contributed by atoms with Crippen LogP contribution in [0.4, 0.5) is 8.78 Å². The molecular formula is C24H26F2. The van der Waals surface area contributed by atoms with Crippen molar-refractivity contribution in [1.82, 2.24) is 0 Å². The van der Waals surface area contributed by atoms with Crippen LogP contribution in [0.1, 0.15) is 68.2 Å². The van der Waals surface area contributed by atoms with Gasteiger partial charge in [0.2, 0.25) is 0 Å². The van der Waals surface area contributed by atoms with Crippen molar-refractivity contribution in [3.05, 3.63) is 76.6 Å². The van der Waals surface area contributed by atoms with Gasteiger partial charge in [0.1, 0.15) is 5.83 Å². The Bertz CT molecular complexity index is 772. The minimum atomic E-state index is -0.763. The van der Waals surface area contributed by atoms with Crippen LogP contribution in [0.15, 0.2) is 54.4 Å². The number of unbranched alkanes of at least 4 members (excludes halogenated alkanes) is 2. The largest absolute Gasteiger partial charge is 0.209 e. The lowest BCUT2D eigenvalue weighted by Gasteiger charge is -2.01. The summed E-state index contributed by atoms with van der Waals surface area (Å²) in [4.78, 5) is 0. The van der Waals surface area contributed by atoms with Gasteiger partial charge in [-0.25, -0.2) is 8.78 Å². The van der Waals surface area contributed by atoms with Crippen molar-refractivity contribution in [3.8, 4) is 11.8 Å². The Balaban J connectivity index is 2.04. The van der Waals surface area contributed by atoms with Crippen LogP contribution in [0.2, 0.25) is 0 Å². The van der Waals surface area contributed by atoms with Crippen LogP contribution in [0.3, 0.4) is 0 Å². The van der Waals surface area contributed by atoms with Gasteiger partial charge in [0.05, 0.1) is 0 Å². The Morgan fingerprint density at radius 2 is 1.31 bits per heavy atom. The molecule has 0 N–H and O–H groups in total. The molecule has 0 aliphatic heterocycles. The van der Waals surface area contributed by atoms with E-state index in [1.165, 1.54) is 18.4 Å². The van der Waals surface area contributed by atoms with Crippen LogP contribution in [0, 0.1) is 11.8 Å². The summed E-state index contributed by atoms with van der Waals surface area (Å²) in [7, 11) is 0. The predicted octanol–water partition coefficient (Wildman–Crippen LogP) is 7.23. The van der Waals surface area contributed by atoms with E-state index in [1.807, 2.05) is 19.1 Å². The van der Waals surface area contributed by atoms with Crippen LogP contribution < -0.4 is 0 Å². The molecule has 0 unspecified atom stereocenters. The van der Waals surface area contributed by atoms with Gasteiger partial charge in [-0.1, -0.05) is 62.8 Å². The third-order valence-corrected chi connectivity index (χ3v) is 4.25. The number of allylic oxidation sites excluding steroid dienone is 1. The quantitative estimate of drug-likeness (QED) is 0.461. The maximum Gasteiger partial charge on any atom is 0.161 e. The molecule has 0 bridgehead atoms. The van der Waals surface area contributed by atoms with Crippen molar-refractivity contribution in [2.24, 2.45) is 0 Å². The van der Waals surface area contributed by atoms with Crippen molar-refractivity contribution in [2.45, 2.75) is 52.4 Å². The zero-order chi connectivity index (χ0) is 18.8. The van der Waals surface area contributed by atoms with Gasteiger partial charge in [0, 0.05) is 23.1 Å². The van der Waals surface area contributed by atoms with Crippen LogP contribution in [0.25, 0.3) is 5.83 Å². The molecule has 2 aromatic rings. The normalized spacial score (nSPS) is 11.5. The van der Waals surface area contributed by atoms with E-state index in [1.54, 1.807) is 24.3 Å². The number of rotatable bonds is 7. The molecule has 0 fully saturated rings. The van der Waals surface area contributed by atoms with Crippen LogP contribution in [-0.4, -0.2) is 0 Å². The zero-order valence-corrected chi connectivity index (χ0v) is 15.6. The first-order valence-corrected chi connectivity index (χ1v) is 9.39. The molecule has 0 aliphatic rings. The molecule has 0 amide bonds. The number of halogens is 2. The maximum absolute atomic E-state index is 14.0. The third-order valence-electron chi connectivity index (χ3n) is 4.25. The average Bonchev–Trinajstić information content (AvgIpc) is 2.69. The molecule has 0 heterocycles. The predicted molar refractivity (Wildman–Crippen MR) is 106 cm³/mol. The highest BCUT2D eigenvalue weighted by Crippen LogP contribution is 2.24. The fourth-order valence-corrected chi connectivity index (χ4v) is 2.58. The second-order valence-electron chi connectivity index (χ2n) is 6.45. The van der Waals surface area contributed by atoms with Crippen molar-refractivity contribution in [3.63, 3.8) is 0 Å². The van der Waals surface area contributed by atoms with Gasteiger partial charge in [0.25, 0.3) is 0 Å². The summed E-state index contributed by atoms with van der Waals surface area (Å²) in [5, 5.41) is 0. The monoisotopic (exact) mass is 352 g/mol. The molecule has 0 saturated heterocycles. The highest BCUT2D eigenvalue weighted by molar-refractivity contribution is 5.62. The first-order valence-electron chi connectivity index (χ1n) is 9.39. The van der Waals surface area contributed by atoms with Gasteiger partial charge in [-0.05, 0) is 49.1 Å². The molecule has 0 nitrogen and oxygen atoms in total. The second kappa shape index (κ2) is 10.6. The fourth-order valence-electron chi connectivity index (χ4n) is 2.58. The Hall–Kier alpha value is -2.40. The van der Waals surface area contributed by atoms with E-state index < -0.39 is 11.7 Å². The molecular weight excluding hydrogens is 326 g/mol.